The predicted octanol–water partition coefficient (Wildman–Crippen LogP) is 4.83. The molecule has 1 aliphatic rings. The zero-order valence-corrected chi connectivity index (χ0v) is 19.8. The van der Waals surface area contributed by atoms with Gasteiger partial charge in [0.25, 0.3) is 5.91 Å². The summed E-state index contributed by atoms with van der Waals surface area (Å²) < 4.78 is 0. The molecule has 1 aliphatic heterocycles. The average molecular weight is 478 g/mol. The SMILES string of the molecule is O=C(NC(c1ccccc1)c1ccccc1)c1cnc2c(c1)N(C(=O)Cc1ccc(O)cc1)CCC2. The van der Waals surface area contributed by atoms with Gasteiger partial charge in [0.1, 0.15) is 5.75 Å². The number of anilines is 1. The zero-order chi connectivity index (χ0) is 24.9. The van der Waals surface area contributed by atoms with Crippen LogP contribution < -0.4 is 10.2 Å². The first-order valence-corrected chi connectivity index (χ1v) is 12.1. The maximum absolute atomic E-state index is 13.4. The Morgan fingerprint density at radius 3 is 2.19 bits per heavy atom. The number of aromatic hydroxyl groups is 1. The highest BCUT2D eigenvalue weighted by Gasteiger charge is 2.26. The summed E-state index contributed by atoms with van der Waals surface area (Å²) in [5.74, 6) is -0.148. The molecule has 4 aromatic rings. The third-order valence-electron chi connectivity index (χ3n) is 6.43. The first kappa shape index (κ1) is 23.3. The van der Waals surface area contributed by atoms with Crippen LogP contribution >= 0.6 is 0 Å². The molecule has 0 saturated carbocycles. The third kappa shape index (κ3) is 5.13. The fourth-order valence-corrected chi connectivity index (χ4v) is 4.56. The van der Waals surface area contributed by atoms with Crippen molar-refractivity contribution in [3.63, 3.8) is 0 Å². The van der Waals surface area contributed by atoms with E-state index in [1.807, 2.05) is 60.7 Å². The molecule has 2 heterocycles. The van der Waals surface area contributed by atoms with Crippen LogP contribution in [0.25, 0.3) is 0 Å². The lowest BCUT2D eigenvalue weighted by Crippen LogP contribution is -2.37. The number of aromatic nitrogens is 1. The van der Waals surface area contributed by atoms with Gasteiger partial charge < -0.3 is 15.3 Å². The van der Waals surface area contributed by atoms with Crippen LogP contribution in [0.3, 0.4) is 0 Å². The molecule has 0 spiro atoms. The maximum Gasteiger partial charge on any atom is 0.253 e. The number of nitrogens with one attached hydrogen (secondary N) is 1. The minimum atomic E-state index is -0.317. The van der Waals surface area contributed by atoms with Crippen molar-refractivity contribution in [1.82, 2.24) is 10.3 Å². The number of carbonyl (C=O) groups excluding carboxylic acids is 2. The van der Waals surface area contributed by atoms with Crippen molar-refractivity contribution in [2.45, 2.75) is 25.3 Å². The van der Waals surface area contributed by atoms with Crippen molar-refractivity contribution in [3.8, 4) is 5.75 Å². The Labute approximate surface area is 210 Å². The van der Waals surface area contributed by atoms with Crippen molar-refractivity contribution >= 4 is 17.5 Å². The molecule has 3 aromatic carbocycles. The number of nitrogens with zero attached hydrogens (tertiary/aromatic N) is 2. The molecule has 0 fully saturated rings. The number of hydrogen-bond acceptors (Lipinski definition) is 4. The smallest absolute Gasteiger partial charge is 0.253 e. The Balaban J connectivity index is 1.40. The molecule has 0 aliphatic carbocycles. The summed E-state index contributed by atoms with van der Waals surface area (Å²) >= 11 is 0. The summed E-state index contributed by atoms with van der Waals surface area (Å²) in [5.41, 5.74) is 4.70. The van der Waals surface area contributed by atoms with Crippen molar-refractivity contribution in [2.75, 3.05) is 11.4 Å². The maximum atomic E-state index is 13.4. The van der Waals surface area contributed by atoms with Gasteiger partial charge in [-0.1, -0.05) is 72.8 Å². The summed E-state index contributed by atoms with van der Waals surface area (Å²) in [4.78, 5) is 32.9. The minimum Gasteiger partial charge on any atom is -0.508 e. The molecule has 6 heteroatoms. The van der Waals surface area contributed by atoms with Crippen molar-refractivity contribution in [3.05, 3.63) is 125 Å². The molecular weight excluding hydrogens is 450 g/mol. The first-order chi connectivity index (χ1) is 17.6. The molecule has 1 aromatic heterocycles. The van der Waals surface area contributed by atoms with E-state index in [0.717, 1.165) is 35.2 Å². The van der Waals surface area contributed by atoms with Crippen LogP contribution in [0.2, 0.25) is 0 Å². The normalized spacial score (nSPS) is 12.8. The highest BCUT2D eigenvalue weighted by molar-refractivity contribution is 5.99. The molecule has 2 amide bonds. The number of benzene rings is 3. The van der Waals surface area contributed by atoms with Crippen LogP contribution in [0.5, 0.6) is 5.75 Å². The van der Waals surface area contributed by atoms with Gasteiger partial charge in [0.2, 0.25) is 5.91 Å². The zero-order valence-electron chi connectivity index (χ0n) is 19.8. The fourth-order valence-electron chi connectivity index (χ4n) is 4.56. The molecule has 2 N–H and O–H groups in total. The Morgan fingerprint density at radius 2 is 1.56 bits per heavy atom. The number of fused-ring (bicyclic) bond motifs is 1. The van der Waals surface area contributed by atoms with Gasteiger partial charge in [-0.2, -0.15) is 0 Å². The van der Waals surface area contributed by atoms with E-state index in [2.05, 4.69) is 10.3 Å². The van der Waals surface area contributed by atoms with Crippen LogP contribution in [0.4, 0.5) is 5.69 Å². The summed E-state index contributed by atoms with van der Waals surface area (Å²) in [6.45, 7) is 0.577. The van der Waals surface area contributed by atoms with E-state index < -0.39 is 0 Å². The first-order valence-electron chi connectivity index (χ1n) is 12.1. The van der Waals surface area contributed by atoms with Crippen molar-refractivity contribution in [2.24, 2.45) is 0 Å². The Morgan fingerprint density at radius 1 is 0.917 bits per heavy atom. The average Bonchev–Trinajstić information content (AvgIpc) is 2.93. The molecule has 6 nitrogen and oxygen atoms in total. The van der Waals surface area contributed by atoms with Crippen LogP contribution in [0.1, 0.15) is 45.2 Å². The number of amides is 2. The van der Waals surface area contributed by atoms with Gasteiger partial charge in [-0.15, -0.1) is 0 Å². The second kappa shape index (κ2) is 10.4. The number of hydrogen-bond donors (Lipinski definition) is 2. The largest absolute Gasteiger partial charge is 0.508 e. The molecule has 5 rings (SSSR count). The highest BCUT2D eigenvalue weighted by atomic mass is 16.3. The van der Waals surface area contributed by atoms with Crippen molar-refractivity contribution in [1.29, 1.82) is 0 Å². The van der Waals surface area contributed by atoms with E-state index in [9.17, 15) is 14.7 Å². The van der Waals surface area contributed by atoms with E-state index >= 15 is 0 Å². The lowest BCUT2D eigenvalue weighted by Gasteiger charge is -2.29. The van der Waals surface area contributed by atoms with E-state index in [1.165, 1.54) is 0 Å². The van der Waals surface area contributed by atoms with Crippen LogP contribution in [-0.4, -0.2) is 28.4 Å². The number of aryl methyl sites for hydroxylation is 1. The standard InChI is InChI=1S/C30H27N3O3/c34-25-15-13-21(14-16-25)18-28(35)33-17-7-12-26-27(33)19-24(20-31-26)30(36)32-29(22-8-3-1-4-9-22)23-10-5-2-6-11-23/h1-6,8-11,13-16,19-20,29,34H,7,12,17-18H2,(H,32,36). The summed E-state index contributed by atoms with van der Waals surface area (Å²) in [6.07, 6.45) is 3.38. The van der Waals surface area contributed by atoms with Crippen molar-refractivity contribution < 1.29 is 14.7 Å². The number of rotatable bonds is 6. The van der Waals surface area contributed by atoms with Gasteiger partial charge in [0.15, 0.2) is 0 Å². The number of pyridine rings is 1. The van der Waals surface area contributed by atoms with Gasteiger partial charge in [-0.25, -0.2) is 0 Å². The quantitative estimate of drug-likeness (QED) is 0.417. The Hall–Kier alpha value is -4.45. The van der Waals surface area contributed by atoms with E-state index in [0.29, 0.717) is 17.8 Å². The predicted molar refractivity (Wildman–Crippen MR) is 139 cm³/mol. The Kier molecular flexibility index (Phi) is 6.76. The van der Waals surface area contributed by atoms with Gasteiger partial charge >= 0.3 is 0 Å². The minimum absolute atomic E-state index is 0.0626. The number of phenols is 1. The molecule has 0 unspecified atom stereocenters. The van der Waals surface area contributed by atoms with E-state index in [-0.39, 0.29) is 30.0 Å². The molecular formula is C30H27N3O3. The summed E-state index contributed by atoms with van der Waals surface area (Å²) in [7, 11) is 0. The van der Waals surface area contributed by atoms with E-state index in [4.69, 9.17) is 0 Å². The highest BCUT2D eigenvalue weighted by Crippen LogP contribution is 2.28. The van der Waals surface area contributed by atoms with E-state index in [1.54, 1.807) is 41.4 Å². The third-order valence-corrected chi connectivity index (χ3v) is 6.43. The molecule has 0 bridgehead atoms. The van der Waals surface area contributed by atoms with Gasteiger partial charge in [0, 0.05) is 12.7 Å². The number of carbonyl (C=O) groups is 2. The molecule has 180 valence electrons. The van der Waals surface area contributed by atoms with Crippen LogP contribution in [-0.2, 0) is 17.6 Å². The van der Waals surface area contributed by atoms with Crippen LogP contribution in [0.15, 0.2) is 97.2 Å². The van der Waals surface area contributed by atoms with Gasteiger partial charge in [-0.05, 0) is 47.7 Å². The molecule has 36 heavy (non-hydrogen) atoms. The summed E-state index contributed by atoms with van der Waals surface area (Å²) in [6, 6.07) is 27.8. The van der Waals surface area contributed by atoms with Gasteiger partial charge in [0.05, 0.1) is 29.4 Å². The molecule has 0 atom stereocenters. The second-order valence-electron chi connectivity index (χ2n) is 8.91. The molecule has 0 saturated heterocycles. The molecule has 0 radical (unpaired) electrons. The second-order valence-corrected chi connectivity index (χ2v) is 8.91. The van der Waals surface area contributed by atoms with Crippen LogP contribution in [0, 0.1) is 0 Å². The monoisotopic (exact) mass is 477 g/mol. The topological polar surface area (TPSA) is 82.5 Å². The summed E-state index contributed by atoms with van der Waals surface area (Å²) in [5, 5.41) is 12.7. The fraction of sp³-hybridized carbons (Fsp3) is 0.167. The number of phenolic OH excluding ortho intramolecular Hbond substituents is 1. The Bertz CT molecular complexity index is 1320. The lowest BCUT2D eigenvalue weighted by molar-refractivity contribution is -0.118. The lowest BCUT2D eigenvalue weighted by atomic mass is 9.98. The van der Waals surface area contributed by atoms with Gasteiger partial charge in [-0.3, -0.25) is 14.6 Å².